The quantitative estimate of drug-likeness (QED) is 0.538. The molecule has 0 aliphatic carbocycles. The molecule has 0 aliphatic heterocycles. The summed E-state index contributed by atoms with van der Waals surface area (Å²) in [7, 11) is 2.00. The van der Waals surface area contributed by atoms with Crippen molar-refractivity contribution in [3.05, 3.63) is 28.8 Å². The van der Waals surface area contributed by atoms with Crippen LogP contribution in [0, 0.1) is 0 Å². The van der Waals surface area contributed by atoms with E-state index in [1.165, 1.54) is 0 Å². The summed E-state index contributed by atoms with van der Waals surface area (Å²) in [6.45, 7) is 4.39. The first-order valence-electron chi connectivity index (χ1n) is 5.81. The Hall–Kier alpha value is -1.30. The summed E-state index contributed by atoms with van der Waals surface area (Å²) in [4.78, 5) is 14.1. The van der Waals surface area contributed by atoms with E-state index in [1.54, 1.807) is 18.2 Å². The lowest BCUT2D eigenvalue weighted by atomic mass is 10.1. The molecule has 1 aromatic carbocycles. The first-order chi connectivity index (χ1) is 8.58. The van der Waals surface area contributed by atoms with Crippen LogP contribution in [-0.2, 0) is 0 Å². The van der Waals surface area contributed by atoms with E-state index in [9.17, 15) is 4.79 Å². The molecule has 0 saturated carbocycles. The number of nitrogen functional groups attached to an aromatic ring is 1. The zero-order valence-corrected chi connectivity index (χ0v) is 11.4. The second-order valence-corrected chi connectivity index (χ2v) is 4.42. The molecule has 1 amide bonds. The standard InChI is InChI=1S/C12H19ClN4O/c1-3-17(2)7-6-15-12(18)10-8-9(13)4-5-11(10)16-14/h4-5,8,16H,3,6-7,14H2,1-2H3,(H,15,18). The van der Waals surface area contributed by atoms with Crippen molar-refractivity contribution in [3.63, 3.8) is 0 Å². The van der Waals surface area contributed by atoms with Crippen LogP contribution in [0.15, 0.2) is 18.2 Å². The second-order valence-electron chi connectivity index (χ2n) is 3.99. The number of rotatable bonds is 6. The topological polar surface area (TPSA) is 70.4 Å². The van der Waals surface area contributed by atoms with Gasteiger partial charge >= 0.3 is 0 Å². The molecule has 0 radical (unpaired) electrons. The average molecular weight is 271 g/mol. The summed E-state index contributed by atoms with van der Waals surface area (Å²) in [6.07, 6.45) is 0. The number of nitrogens with zero attached hydrogens (tertiary/aromatic N) is 1. The van der Waals surface area contributed by atoms with Gasteiger partial charge in [-0.2, -0.15) is 0 Å². The van der Waals surface area contributed by atoms with Crippen LogP contribution in [0.2, 0.25) is 5.02 Å². The number of halogens is 1. The SMILES string of the molecule is CCN(C)CCNC(=O)c1cc(Cl)ccc1NN. The monoisotopic (exact) mass is 270 g/mol. The third kappa shape index (κ3) is 4.18. The van der Waals surface area contributed by atoms with Gasteiger partial charge in [-0.25, -0.2) is 0 Å². The minimum atomic E-state index is -0.185. The Morgan fingerprint density at radius 3 is 2.83 bits per heavy atom. The Balaban J connectivity index is 2.63. The molecule has 0 fully saturated rings. The van der Waals surface area contributed by atoms with Crippen molar-refractivity contribution in [3.8, 4) is 0 Å². The zero-order valence-electron chi connectivity index (χ0n) is 10.7. The number of carbonyl (C=O) groups is 1. The molecule has 1 aromatic rings. The fourth-order valence-electron chi connectivity index (χ4n) is 1.44. The number of nitrogens with one attached hydrogen (secondary N) is 2. The van der Waals surface area contributed by atoms with Crippen LogP contribution in [0.3, 0.4) is 0 Å². The first kappa shape index (κ1) is 14.8. The predicted octanol–water partition coefficient (Wildman–Crippen LogP) is 1.31. The van der Waals surface area contributed by atoms with Crippen molar-refractivity contribution in [2.24, 2.45) is 5.84 Å². The lowest BCUT2D eigenvalue weighted by Gasteiger charge is -2.15. The van der Waals surface area contributed by atoms with Gasteiger partial charge in [0.15, 0.2) is 0 Å². The van der Waals surface area contributed by atoms with E-state index in [1.807, 2.05) is 7.05 Å². The highest BCUT2D eigenvalue weighted by Crippen LogP contribution is 2.19. The maximum atomic E-state index is 12.0. The fourth-order valence-corrected chi connectivity index (χ4v) is 1.62. The Kier molecular flexibility index (Phi) is 5.91. The molecule has 4 N–H and O–H groups in total. The molecule has 0 aromatic heterocycles. The van der Waals surface area contributed by atoms with Gasteiger partial charge in [0.2, 0.25) is 0 Å². The lowest BCUT2D eigenvalue weighted by Crippen LogP contribution is -2.33. The van der Waals surface area contributed by atoms with Crippen molar-refractivity contribution in [2.75, 3.05) is 32.1 Å². The van der Waals surface area contributed by atoms with E-state index in [-0.39, 0.29) is 5.91 Å². The number of hydrazine groups is 1. The van der Waals surface area contributed by atoms with E-state index in [0.717, 1.165) is 13.1 Å². The molecule has 100 valence electrons. The second kappa shape index (κ2) is 7.20. The third-order valence-corrected chi connectivity index (χ3v) is 2.94. The Morgan fingerprint density at radius 1 is 1.50 bits per heavy atom. The van der Waals surface area contributed by atoms with Crippen molar-refractivity contribution in [1.29, 1.82) is 0 Å². The molecule has 5 nitrogen and oxygen atoms in total. The summed E-state index contributed by atoms with van der Waals surface area (Å²) in [5.74, 6) is 5.17. The average Bonchev–Trinajstić information content (AvgIpc) is 2.38. The zero-order chi connectivity index (χ0) is 13.5. The number of amides is 1. The number of anilines is 1. The lowest BCUT2D eigenvalue weighted by molar-refractivity contribution is 0.0951. The third-order valence-electron chi connectivity index (χ3n) is 2.70. The molecule has 1 rings (SSSR count). The molecule has 0 bridgehead atoms. The molecule has 0 atom stereocenters. The molecule has 0 spiro atoms. The van der Waals surface area contributed by atoms with Crippen LogP contribution in [0.1, 0.15) is 17.3 Å². The molecular formula is C12H19ClN4O. The molecule has 6 heteroatoms. The summed E-state index contributed by atoms with van der Waals surface area (Å²) < 4.78 is 0. The molecule has 0 heterocycles. The van der Waals surface area contributed by atoms with E-state index >= 15 is 0 Å². The van der Waals surface area contributed by atoms with Gasteiger partial charge in [-0.15, -0.1) is 0 Å². The number of hydrogen-bond donors (Lipinski definition) is 3. The minimum absolute atomic E-state index is 0.185. The van der Waals surface area contributed by atoms with Crippen LogP contribution in [0.5, 0.6) is 0 Å². The van der Waals surface area contributed by atoms with Crippen LogP contribution in [0.25, 0.3) is 0 Å². The maximum absolute atomic E-state index is 12.0. The minimum Gasteiger partial charge on any atom is -0.351 e. The normalized spacial score (nSPS) is 10.5. The summed E-state index contributed by atoms with van der Waals surface area (Å²) in [5.41, 5.74) is 3.49. The van der Waals surface area contributed by atoms with E-state index in [2.05, 4.69) is 22.6 Å². The number of likely N-dealkylation sites (N-methyl/N-ethyl adjacent to an activating group) is 1. The van der Waals surface area contributed by atoms with Crippen molar-refractivity contribution in [1.82, 2.24) is 10.2 Å². The number of benzene rings is 1. The first-order valence-corrected chi connectivity index (χ1v) is 6.19. The van der Waals surface area contributed by atoms with Gasteiger partial charge in [-0.05, 0) is 31.8 Å². The van der Waals surface area contributed by atoms with Crippen LogP contribution >= 0.6 is 11.6 Å². The van der Waals surface area contributed by atoms with E-state index < -0.39 is 0 Å². The van der Waals surface area contributed by atoms with Crippen LogP contribution in [0.4, 0.5) is 5.69 Å². The predicted molar refractivity (Wildman–Crippen MR) is 74.8 cm³/mol. The molecule has 0 aliphatic rings. The van der Waals surface area contributed by atoms with Crippen molar-refractivity contribution in [2.45, 2.75) is 6.92 Å². The van der Waals surface area contributed by atoms with Gasteiger partial charge in [0.25, 0.3) is 5.91 Å². The number of nitrogens with two attached hydrogens (primary N) is 1. The summed E-state index contributed by atoms with van der Waals surface area (Å²) in [5, 5.41) is 3.34. The Bertz CT molecular complexity index is 411. The number of hydrogen-bond acceptors (Lipinski definition) is 4. The van der Waals surface area contributed by atoms with E-state index in [0.29, 0.717) is 22.8 Å². The Labute approximate surface area is 112 Å². The highest BCUT2D eigenvalue weighted by atomic mass is 35.5. The van der Waals surface area contributed by atoms with Gasteiger partial charge in [0, 0.05) is 18.1 Å². The largest absolute Gasteiger partial charge is 0.351 e. The van der Waals surface area contributed by atoms with Crippen molar-refractivity contribution >= 4 is 23.2 Å². The van der Waals surface area contributed by atoms with Crippen LogP contribution < -0.4 is 16.6 Å². The number of carbonyl (C=O) groups excluding carboxylic acids is 1. The van der Waals surface area contributed by atoms with Gasteiger partial charge in [0.05, 0.1) is 11.3 Å². The fraction of sp³-hybridized carbons (Fsp3) is 0.417. The molecule has 0 unspecified atom stereocenters. The van der Waals surface area contributed by atoms with E-state index in [4.69, 9.17) is 17.4 Å². The summed E-state index contributed by atoms with van der Waals surface area (Å²) in [6, 6.07) is 4.95. The highest BCUT2D eigenvalue weighted by molar-refractivity contribution is 6.31. The van der Waals surface area contributed by atoms with Crippen molar-refractivity contribution < 1.29 is 4.79 Å². The highest BCUT2D eigenvalue weighted by Gasteiger charge is 2.11. The molecular weight excluding hydrogens is 252 g/mol. The van der Waals surface area contributed by atoms with Gasteiger partial charge in [0.1, 0.15) is 0 Å². The smallest absolute Gasteiger partial charge is 0.253 e. The van der Waals surface area contributed by atoms with Gasteiger partial charge in [-0.3, -0.25) is 10.6 Å². The van der Waals surface area contributed by atoms with Crippen LogP contribution in [-0.4, -0.2) is 37.5 Å². The maximum Gasteiger partial charge on any atom is 0.253 e. The van der Waals surface area contributed by atoms with Gasteiger partial charge < -0.3 is 15.6 Å². The molecule has 18 heavy (non-hydrogen) atoms. The van der Waals surface area contributed by atoms with Gasteiger partial charge in [-0.1, -0.05) is 18.5 Å². The summed E-state index contributed by atoms with van der Waals surface area (Å²) >= 11 is 5.87. The molecule has 0 saturated heterocycles. The Morgan fingerprint density at radius 2 is 2.22 bits per heavy atom.